The number of anilines is 1. The molecule has 0 aromatic heterocycles. The number of likely N-dealkylation sites (tertiary alicyclic amines) is 1. The van der Waals surface area contributed by atoms with E-state index in [4.69, 9.17) is 5.41 Å². The summed E-state index contributed by atoms with van der Waals surface area (Å²) < 4.78 is 0. The van der Waals surface area contributed by atoms with Gasteiger partial charge in [-0.3, -0.25) is 15.1 Å². The van der Waals surface area contributed by atoms with Gasteiger partial charge in [-0.25, -0.2) is 4.79 Å². The first-order valence-corrected chi connectivity index (χ1v) is 10.9. The molecule has 2 aromatic rings. The molecule has 0 unspecified atom stereocenters. The summed E-state index contributed by atoms with van der Waals surface area (Å²) in [6, 6.07) is 11.3. The molecule has 2 heterocycles. The van der Waals surface area contributed by atoms with Crippen molar-refractivity contribution in [1.82, 2.24) is 15.1 Å². The second-order valence-corrected chi connectivity index (χ2v) is 8.46. The summed E-state index contributed by atoms with van der Waals surface area (Å²) in [6.45, 7) is 6.45. The minimum absolute atomic E-state index is 0.247. The number of urea groups is 1. The molecule has 2 aromatic carbocycles. The number of amidine groups is 1. The van der Waals surface area contributed by atoms with Crippen molar-refractivity contribution in [1.29, 1.82) is 5.41 Å². The number of nitrogens with zero attached hydrogens (tertiary/aromatic N) is 3. The molecule has 0 bridgehead atoms. The zero-order chi connectivity index (χ0) is 22.4. The highest BCUT2D eigenvalue weighted by molar-refractivity contribution is 6.02. The van der Waals surface area contributed by atoms with Crippen molar-refractivity contribution in [2.24, 2.45) is 5.92 Å². The van der Waals surface area contributed by atoms with Gasteiger partial charge in [-0.2, -0.15) is 0 Å². The molecule has 2 saturated heterocycles. The number of piperidine rings is 1. The Morgan fingerprint density at radius 3 is 2.61 bits per heavy atom. The van der Waals surface area contributed by atoms with Gasteiger partial charge in [0.25, 0.3) is 0 Å². The maximum atomic E-state index is 11.7. The first kappa shape index (κ1) is 22.7. The minimum Gasteiger partial charge on any atom is -0.362 e. The van der Waals surface area contributed by atoms with Gasteiger partial charge >= 0.3 is 6.03 Å². The van der Waals surface area contributed by atoms with Crippen LogP contribution >= 0.6 is 0 Å². The average Bonchev–Trinajstić information content (AvgIpc) is 2.78. The molecular weight excluding hydrogens is 390 g/mol. The van der Waals surface area contributed by atoms with Crippen LogP contribution in [0.4, 0.5) is 10.5 Å². The Balaban J connectivity index is 0.000000287. The van der Waals surface area contributed by atoms with Crippen LogP contribution in [0.25, 0.3) is 10.8 Å². The fourth-order valence-electron chi connectivity index (χ4n) is 4.32. The highest BCUT2D eigenvalue weighted by Crippen LogP contribution is 2.28. The lowest BCUT2D eigenvalue weighted by Gasteiger charge is -2.36. The molecule has 7 nitrogen and oxygen atoms in total. The summed E-state index contributed by atoms with van der Waals surface area (Å²) >= 11 is 0. The second-order valence-electron chi connectivity index (χ2n) is 8.46. The molecule has 31 heavy (non-hydrogen) atoms. The van der Waals surface area contributed by atoms with Crippen molar-refractivity contribution in [2.75, 3.05) is 51.7 Å². The molecule has 0 spiro atoms. The fraction of sp³-hybridized carbons (Fsp3) is 0.458. The number of carbonyl (C=O) groups is 2. The molecular formula is C24H33N5O2. The Kier molecular flexibility index (Phi) is 7.63. The first-order chi connectivity index (χ1) is 14.9. The largest absolute Gasteiger partial charge is 0.362 e. The van der Waals surface area contributed by atoms with Crippen LogP contribution < -0.4 is 10.2 Å². The molecule has 2 N–H and O–H groups in total. The molecule has 4 rings (SSSR count). The molecule has 0 radical (unpaired) electrons. The van der Waals surface area contributed by atoms with Gasteiger partial charge < -0.3 is 15.1 Å². The van der Waals surface area contributed by atoms with Crippen LogP contribution in [0, 0.1) is 11.3 Å². The lowest BCUT2D eigenvalue weighted by Crippen LogP contribution is -2.54. The van der Waals surface area contributed by atoms with E-state index >= 15 is 0 Å². The van der Waals surface area contributed by atoms with Gasteiger partial charge in [0.2, 0.25) is 0 Å². The Bertz CT molecular complexity index is 937. The summed E-state index contributed by atoms with van der Waals surface area (Å²) in [7, 11) is 3.77. The maximum Gasteiger partial charge on any atom is 0.322 e. The van der Waals surface area contributed by atoms with E-state index in [1.54, 1.807) is 13.1 Å². The van der Waals surface area contributed by atoms with E-state index in [0.717, 1.165) is 28.7 Å². The number of aldehydes is 1. The van der Waals surface area contributed by atoms with Gasteiger partial charge in [0.1, 0.15) is 12.1 Å². The normalized spacial score (nSPS) is 19.6. The molecule has 2 aliphatic rings. The predicted octanol–water partition coefficient (Wildman–Crippen LogP) is 3.44. The molecule has 2 aliphatic heterocycles. The third-order valence-corrected chi connectivity index (χ3v) is 5.94. The Morgan fingerprint density at radius 2 is 2.00 bits per heavy atom. The van der Waals surface area contributed by atoms with Crippen LogP contribution in [-0.2, 0) is 0 Å². The number of rotatable bonds is 2. The molecule has 7 heteroatoms. The summed E-state index contributed by atoms with van der Waals surface area (Å²) in [5, 5.41) is 12.7. The maximum absolute atomic E-state index is 11.7. The topological polar surface area (TPSA) is 79.7 Å². The van der Waals surface area contributed by atoms with Crippen LogP contribution in [0.3, 0.4) is 0 Å². The van der Waals surface area contributed by atoms with Gasteiger partial charge in [-0.15, -0.1) is 0 Å². The SMILES string of the molecule is CNC(=O)N1CCN(c2cccc3cc(C=O)ccc23)CC1=N.C[C@H]1CCCN(C)C1. The fourth-order valence-corrected chi connectivity index (χ4v) is 4.32. The molecule has 2 fully saturated rings. The summed E-state index contributed by atoms with van der Waals surface area (Å²) in [5.41, 5.74) is 1.66. The zero-order valence-electron chi connectivity index (χ0n) is 18.7. The highest BCUT2D eigenvalue weighted by atomic mass is 16.2. The number of piperazine rings is 1. The molecule has 166 valence electrons. The predicted molar refractivity (Wildman–Crippen MR) is 126 cm³/mol. The van der Waals surface area contributed by atoms with Crippen molar-refractivity contribution in [2.45, 2.75) is 19.8 Å². The Labute approximate surface area is 184 Å². The third-order valence-electron chi connectivity index (χ3n) is 5.94. The number of nitrogens with one attached hydrogen (secondary N) is 2. The summed E-state index contributed by atoms with van der Waals surface area (Å²) in [5.74, 6) is 1.21. The van der Waals surface area contributed by atoms with E-state index < -0.39 is 0 Å². The zero-order valence-corrected chi connectivity index (χ0v) is 18.7. The van der Waals surface area contributed by atoms with Gasteiger partial charge in [0.15, 0.2) is 0 Å². The van der Waals surface area contributed by atoms with Crippen molar-refractivity contribution in [3.8, 4) is 0 Å². The lowest BCUT2D eigenvalue weighted by molar-refractivity contribution is 0.112. The number of amides is 2. The minimum atomic E-state index is -0.247. The van der Waals surface area contributed by atoms with Crippen LogP contribution in [0.15, 0.2) is 36.4 Å². The Hall–Kier alpha value is -2.93. The number of carbonyl (C=O) groups excluding carboxylic acids is 2. The van der Waals surface area contributed by atoms with Crippen LogP contribution in [0.2, 0.25) is 0 Å². The number of fused-ring (bicyclic) bond motifs is 1. The quantitative estimate of drug-likeness (QED) is 0.725. The van der Waals surface area contributed by atoms with E-state index in [1.807, 2.05) is 30.3 Å². The van der Waals surface area contributed by atoms with Gasteiger partial charge in [-0.1, -0.05) is 31.2 Å². The van der Waals surface area contributed by atoms with E-state index in [1.165, 1.54) is 30.8 Å². The van der Waals surface area contributed by atoms with Crippen LogP contribution in [-0.4, -0.2) is 74.8 Å². The number of hydrogen-bond acceptors (Lipinski definition) is 5. The van der Waals surface area contributed by atoms with Crippen molar-refractivity contribution >= 4 is 34.6 Å². The molecule has 2 amide bonds. The van der Waals surface area contributed by atoms with Crippen LogP contribution in [0.5, 0.6) is 0 Å². The monoisotopic (exact) mass is 423 g/mol. The summed E-state index contributed by atoms with van der Waals surface area (Å²) in [4.78, 5) is 28.6. The molecule has 0 saturated carbocycles. The van der Waals surface area contributed by atoms with E-state index in [-0.39, 0.29) is 11.9 Å². The molecule has 0 aliphatic carbocycles. The van der Waals surface area contributed by atoms with Crippen molar-refractivity contribution in [3.63, 3.8) is 0 Å². The van der Waals surface area contributed by atoms with E-state index in [2.05, 4.69) is 29.1 Å². The first-order valence-electron chi connectivity index (χ1n) is 10.9. The van der Waals surface area contributed by atoms with E-state index in [9.17, 15) is 9.59 Å². The highest BCUT2D eigenvalue weighted by Gasteiger charge is 2.26. The van der Waals surface area contributed by atoms with Gasteiger partial charge in [-0.05, 0) is 49.9 Å². The van der Waals surface area contributed by atoms with Crippen molar-refractivity contribution < 1.29 is 9.59 Å². The standard InChI is InChI=1S/C17H18N4O2.C7H15N/c1-19-17(23)21-8-7-20(10-16(21)18)15-4-2-3-13-9-12(11-22)5-6-14(13)15;1-7-4-3-5-8(2)6-7/h2-6,9,11,18H,7-8,10H2,1H3,(H,19,23);7H,3-6H2,1-2H3/t;7-/m.0/s1. The average molecular weight is 424 g/mol. The van der Waals surface area contributed by atoms with Gasteiger partial charge in [0.05, 0.1) is 6.54 Å². The summed E-state index contributed by atoms with van der Waals surface area (Å²) in [6.07, 6.45) is 3.67. The van der Waals surface area contributed by atoms with Crippen molar-refractivity contribution in [3.05, 3.63) is 42.0 Å². The smallest absolute Gasteiger partial charge is 0.322 e. The second kappa shape index (κ2) is 10.4. The van der Waals surface area contributed by atoms with Crippen LogP contribution in [0.1, 0.15) is 30.1 Å². The number of hydrogen-bond donors (Lipinski definition) is 2. The lowest BCUT2D eigenvalue weighted by atomic mass is 10.0. The Morgan fingerprint density at radius 1 is 1.19 bits per heavy atom. The van der Waals surface area contributed by atoms with E-state index in [0.29, 0.717) is 25.2 Å². The van der Waals surface area contributed by atoms with Gasteiger partial charge in [0, 0.05) is 43.3 Å². The number of benzene rings is 2. The molecule has 1 atom stereocenters. The third kappa shape index (κ3) is 5.61.